The second-order valence-corrected chi connectivity index (χ2v) is 9.54. The number of carbonyl (C=O) groups excluding carboxylic acids is 1. The third-order valence-electron chi connectivity index (χ3n) is 4.56. The maximum absolute atomic E-state index is 12.6. The van der Waals surface area contributed by atoms with Gasteiger partial charge < -0.3 is 10.1 Å². The Morgan fingerprint density at radius 1 is 1.13 bits per heavy atom. The third-order valence-corrected chi connectivity index (χ3v) is 6.90. The fraction of sp³-hybridized carbons (Fsp3) is 0.130. The number of aromatic nitrogens is 1. The molecule has 0 aliphatic heterocycles. The van der Waals surface area contributed by atoms with Gasteiger partial charge >= 0.3 is 0 Å². The van der Waals surface area contributed by atoms with E-state index in [9.17, 15) is 4.79 Å². The van der Waals surface area contributed by atoms with Gasteiger partial charge in [0, 0.05) is 14.2 Å². The molecule has 0 unspecified atom stereocenters. The van der Waals surface area contributed by atoms with Gasteiger partial charge in [-0.15, -0.1) is 11.3 Å². The molecule has 1 amide bonds. The van der Waals surface area contributed by atoms with E-state index in [0.717, 1.165) is 35.5 Å². The number of thiazole rings is 1. The first kappa shape index (κ1) is 21.1. The van der Waals surface area contributed by atoms with E-state index in [1.54, 1.807) is 11.3 Å². The largest absolute Gasteiger partial charge is 0.484 e. The van der Waals surface area contributed by atoms with Crippen LogP contribution in [0.3, 0.4) is 0 Å². The molecule has 152 valence electrons. The normalized spacial score (nSPS) is 10.9. The number of para-hydroxylation sites is 1. The van der Waals surface area contributed by atoms with Crippen LogP contribution in [0.4, 0.5) is 5.69 Å². The van der Waals surface area contributed by atoms with Crippen LogP contribution in [0.25, 0.3) is 20.8 Å². The maximum Gasteiger partial charge on any atom is 0.262 e. The molecular weight excluding hydrogens is 531 g/mol. The van der Waals surface area contributed by atoms with Gasteiger partial charge in [0.1, 0.15) is 10.8 Å². The summed E-state index contributed by atoms with van der Waals surface area (Å²) in [5, 5.41) is 4.55. The molecule has 0 saturated carbocycles. The highest BCUT2D eigenvalue weighted by Crippen LogP contribution is 2.35. The summed E-state index contributed by atoms with van der Waals surface area (Å²) in [6.45, 7) is 3.74. The van der Waals surface area contributed by atoms with Crippen LogP contribution < -0.4 is 10.1 Å². The number of hydrogen-bond acceptors (Lipinski definition) is 4. The van der Waals surface area contributed by atoms with Gasteiger partial charge in [-0.3, -0.25) is 4.79 Å². The minimum Gasteiger partial charge on any atom is -0.484 e. The molecular formula is C23H18ClIN2O2S. The van der Waals surface area contributed by atoms with Crippen LogP contribution in [0.15, 0.2) is 54.6 Å². The number of amides is 1. The minimum atomic E-state index is -0.233. The smallest absolute Gasteiger partial charge is 0.262 e. The van der Waals surface area contributed by atoms with Gasteiger partial charge in [0.15, 0.2) is 6.61 Å². The summed E-state index contributed by atoms with van der Waals surface area (Å²) >= 11 is 10.1. The van der Waals surface area contributed by atoms with Crippen molar-refractivity contribution in [2.75, 3.05) is 11.9 Å². The van der Waals surface area contributed by atoms with Crippen molar-refractivity contribution in [3.63, 3.8) is 0 Å². The van der Waals surface area contributed by atoms with Crippen molar-refractivity contribution in [3.05, 3.63) is 74.3 Å². The maximum atomic E-state index is 12.6. The van der Waals surface area contributed by atoms with E-state index in [1.165, 1.54) is 0 Å². The molecule has 0 saturated heterocycles. The number of anilines is 1. The van der Waals surface area contributed by atoms with Crippen LogP contribution in [-0.2, 0) is 4.79 Å². The molecule has 7 heteroatoms. The molecule has 3 aromatic carbocycles. The van der Waals surface area contributed by atoms with Crippen LogP contribution in [-0.4, -0.2) is 17.5 Å². The predicted molar refractivity (Wildman–Crippen MR) is 133 cm³/mol. The molecule has 30 heavy (non-hydrogen) atoms. The quantitative estimate of drug-likeness (QED) is 0.277. The second kappa shape index (κ2) is 8.91. The summed E-state index contributed by atoms with van der Waals surface area (Å²) in [5.41, 5.74) is 4.40. The lowest BCUT2D eigenvalue weighted by molar-refractivity contribution is -0.118. The van der Waals surface area contributed by atoms with E-state index >= 15 is 0 Å². The average Bonchev–Trinajstić information content (AvgIpc) is 3.15. The molecule has 4 aromatic rings. The number of nitrogens with one attached hydrogen (secondary N) is 1. The first-order chi connectivity index (χ1) is 14.4. The van der Waals surface area contributed by atoms with Crippen molar-refractivity contribution in [1.29, 1.82) is 0 Å². The van der Waals surface area contributed by atoms with Crippen molar-refractivity contribution < 1.29 is 9.53 Å². The molecule has 1 aromatic heterocycles. The summed E-state index contributed by atoms with van der Waals surface area (Å²) in [5.74, 6) is 0.391. The fourth-order valence-electron chi connectivity index (χ4n) is 3.11. The molecule has 4 rings (SSSR count). The lowest BCUT2D eigenvalue weighted by atomic mass is 10.1. The lowest BCUT2D eigenvalue weighted by Crippen LogP contribution is -2.20. The number of carbonyl (C=O) groups is 1. The number of fused-ring (bicyclic) bond motifs is 1. The number of hydrogen-bond donors (Lipinski definition) is 1. The molecule has 1 heterocycles. The number of benzene rings is 3. The molecule has 0 atom stereocenters. The van der Waals surface area contributed by atoms with Crippen molar-refractivity contribution in [2.24, 2.45) is 0 Å². The summed E-state index contributed by atoms with van der Waals surface area (Å²) in [4.78, 5) is 17.3. The fourth-order valence-corrected chi connectivity index (χ4v) is 4.71. The molecule has 0 radical (unpaired) electrons. The van der Waals surface area contributed by atoms with Gasteiger partial charge in [-0.05, 0) is 90.0 Å². The Balaban J connectivity index is 1.54. The average molecular weight is 549 g/mol. The van der Waals surface area contributed by atoms with E-state index in [4.69, 9.17) is 21.3 Å². The van der Waals surface area contributed by atoms with Crippen LogP contribution >= 0.6 is 45.5 Å². The first-order valence-corrected chi connectivity index (χ1v) is 11.5. The molecule has 0 spiro atoms. The zero-order valence-electron chi connectivity index (χ0n) is 16.3. The van der Waals surface area contributed by atoms with E-state index in [1.807, 2.05) is 68.4 Å². The number of halogens is 2. The summed E-state index contributed by atoms with van der Waals surface area (Å²) in [7, 11) is 0. The Morgan fingerprint density at radius 2 is 1.87 bits per heavy atom. The zero-order chi connectivity index (χ0) is 21.3. The van der Waals surface area contributed by atoms with Crippen LogP contribution in [0, 0.1) is 17.4 Å². The molecule has 0 fully saturated rings. The molecule has 4 nitrogen and oxygen atoms in total. The highest BCUT2D eigenvalue weighted by atomic mass is 127. The molecule has 1 N–H and O–H groups in total. The highest BCUT2D eigenvalue weighted by Gasteiger charge is 2.14. The van der Waals surface area contributed by atoms with E-state index in [2.05, 4.69) is 27.9 Å². The van der Waals surface area contributed by atoms with Gasteiger partial charge in [-0.2, -0.15) is 0 Å². The van der Waals surface area contributed by atoms with Gasteiger partial charge in [0.2, 0.25) is 0 Å². The van der Waals surface area contributed by atoms with Gasteiger partial charge in [-0.1, -0.05) is 23.7 Å². The summed E-state index contributed by atoms with van der Waals surface area (Å²) in [6, 6.07) is 17.6. The number of aryl methyl sites for hydroxylation is 2. The Kier molecular flexibility index (Phi) is 6.26. The lowest BCUT2D eigenvalue weighted by Gasteiger charge is -2.12. The Morgan fingerprint density at radius 3 is 2.60 bits per heavy atom. The number of rotatable bonds is 5. The summed E-state index contributed by atoms with van der Waals surface area (Å²) < 4.78 is 7.87. The third kappa shape index (κ3) is 4.61. The van der Waals surface area contributed by atoms with Gasteiger partial charge in [-0.25, -0.2) is 4.98 Å². The number of nitrogens with zero attached hydrogens (tertiary/aromatic N) is 1. The SMILES string of the molecule is Cc1cc(OCC(=O)Nc2ccc(I)cc2-c2nc3ccccc3s2)cc(C)c1Cl. The monoisotopic (exact) mass is 548 g/mol. The van der Waals surface area contributed by atoms with Crippen molar-refractivity contribution >= 4 is 67.3 Å². The van der Waals surface area contributed by atoms with Gasteiger partial charge in [0.05, 0.1) is 15.9 Å². The van der Waals surface area contributed by atoms with Crippen LogP contribution in [0.2, 0.25) is 5.02 Å². The number of ether oxygens (including phenoxy) is 1. The standard InChI is InChI=1S/C23H18ClIN2O2S/c1-13-9-16(10-14(2)22(13)24)29-12-21(28)26-18-8-7-15(25)11-17(18)23-27-19-5-3-4-6-20(19)30-23/h3-11H,12H2,1-2H3,(H,26,28). The van der Waals surface area contributed by atoms with E-state index in [0.29, 0.717) is 16.5 Å². The van der Waals surface area contributed by atoms with E-state index in [-0.39, 0.29) is 12.5 Å². The Bertz CT molecular complexity index is 1200. The molecule has 0 bridgehead atoms. The minimum absolute atomic E-state index is 0.0915. The molecule has 0 aliphatic carbocycles. The first-order valence-electron chi connectivity index (χ1n) is 9.25. The van der Waals surface area contributed by atoms with E-state index < -0.39 is 0 Å². The van der Waals surface area contributed by atoms with Crippen LogP contribution in [0.1, 0.15) is 11.1 Å². The molecule has 0 aliphatic rings. The van der Waals surface area contributed by atoms with Gasteiger partial charge in [0.25, 0.3) is 5.91 Å². The summed E-state index contributed by atoms with van der Waals surface area (Å²) in [6.07, 6.45) is 0. The predicted octanol–water partition coefficient (Wildman–Crippen LogP) is 6.86. The van der Waals surface area contributed by atoms with Crippen molar-refractivity contribution in [2.45, 2.75) is 13.8 Å². The Hall–Kier alpha value is -2.16. The van der Waals surface area contributed by atoms with Crippen LogP contribution in [0.5, 0.6) is 5.75 Å². The topological polar surface area (TPSA) is 51.2 Å². The van der Waals surface area contributed by atoms with Crippen molar-refractivity contribution in [1.82, 2.24) is 4.98 Å². The second-order valence-electron chi connectivity index (χ2n) is 6.88. The highest BCUT2D eigenvalue weighted by molar-refractivity contribution is 14.1. The van der Waals surface area contributed by atoms with Crippen molar-refractivity contribution in [3.8, 4) is 16.3 Å². The zero-order valence-corrected chi connectivity index (χ0v) is 20.1. The Labute approximate surface area is 197 Å².